The minimum absolute atomic E-state index is 0.329. The van der Waals surface area contributed by atoms with E-state index < -0.39 is 0 Å². The van der Waals surface area contributed by atoms with Crippen LogP contribution in [0.15, 0.2) is 4.99 Å². The molecule has 2 heteroatoms. The molecule has 0 saturated heterocycles. The van der Waals surface area contributed by atoms with E-state index in [2.05, 4.69) is 50.1 Å². The van der Waals surface area contributed by atoms with Gasteiger partial charge in [0.15, 0.2) is 0 Å². The molecular weight excluding hydrogens is 142 g/mol. The Morgan fingerprint density at radius 2 is 2.00 bits per heavy atom. The minimum atomic E-state index is 0.329. The Kier molecular flexibility index (Phi) is 3.77. The molecule has 0 heterocycles. The van der Waals surface area contributed by atoms with Crippen LogP contribution in [0.3, 0.4) is 0 Å². The van der Waals surface area contributed by atoms with Crippen molar-refractivity contribution >= 4 is 17.4 Å². The molecule has 0 radical (unpaired) electrons. The first-order valence-electron chi connectivity index (χ1n) is 3.52. The van der Waals surface area contributed by atoms with Crippen molar-refractivity contribution in [3.63, 3.8) is 0 Å². The van der Waals surface area contributed by atoms with Crippen LogP contribution in [-0.4, -0.2) is 11.7 Å². The summed E-state index contributed by atoms with van der Waals surface area (Å²) in [5.41, 5.74) is 0.329. The van der Waals surface area contributed by atoms with Crippen LogP contribution in [0.4, 0.5) is 0 Å². The minimum Gasteiger partial charge on any atom is -0.232 e. The van der Waals surface area contributed by atoms with Crippen molar-refractivity contribution in [2.45, 2.75) is 27.7 Å². The predicted octanol–water partition coefficient (Wildman–Crippen LogP) is 2.77. The molecule has 0 N–H and O–H groups in total. The smallest absolute Gasteiger partial charge is 0.0585 e. The van der Waals surface area contributed by atoms with Crippen LogP contribution in [0.2, 0.25) is 0 Å². The Morgan fingerprint density at radius 1 is 1.50 bits per heavy atom. The standard InChI is InChI=1S/C8H15NS/c1-7(5-9-6-10)8(2,3)4/h7H,5H2,1-4H3. The molecule has 58 valence electrons. The van der Waals surface area contributed by atoms with Gasteiger partial charge in [-0.15, -0.1) is 0 Å². The molecular formula is C8H15NS. The quantitative estimate of drug-likeness (QED) is 0.443. The molecule has 0 aliphatic rings. The van der Waals surface area contributed by atoms with E-state index in [0.29, 0.717) is 11.3 Å². The molecule has 0 aliphatic heterocycles. The van der Waals surface area contributed by atoms with Crippen molar-refractivity contribution in [1.82, 2.24) is 0 Å². The van der Waals surface area contributed by atoms with E-state index >= 15 is 0 Å². The highest BCUT2D eigenvalue weighted by molar-refractivity contribution is 7.78. The number of rotatable bonds is 2. The van der Waals surface area contributed by atoms with E-state index in [1.54, 1.807) is 0 Å². The summed E-state index contributed by atoms with van der Waals surface area (Å²) in [6, 6.07) is 0. The maximum Gasteiger partial charge on any atom is 0.0585 e. The second kappa shape index (κ2) is 3.85. The van der Waals surface area contributed by atoms with Gasteiger partial charge in [-0.2, -0.15) is 0 Å². The second-order valence-corrected chi connectivity index (χ2v) is 3.88. The number of hydrogen-bond acceptors (Lipinski definition) is 2. The van der Waals surface area contributed by atoms with Crippen LogP contribution in [0, 0.1) is 11.3 Å². The molecule has 0 spiro atoms. The van der Waals surface area contributed by atoms with Crippen LogP contribution in [0.5, 0.6) is 0 Å². The van der Waals surface area contributed by atoms with E-state index in [4.69, 9.17) is 0 Å². The van der Waals surface area contributed by atoms with E-state index in [1.807, 2.05) is 0 Å². The zero-order valence-electron chi connectivity index (χ0n) is 7.14. The molecule has 0 aromatic rings. The van der Waals surface area contributed by atoms with Gasteiger partial charge in [-0.05, 0) is 23.6 Å². The number of aliphatic imine (C=N–C) groups is 1. The Hall–Kier alpha value is -0.200. The number of isothiocyanates is 1. The molecule has 1 unspecified atom stereocenters. The molecule has 0 bridgehead atoms. The molecule has 1 nitrogen and oxygen atoms in total. The fourth-order valence-corrected chi connectivity index (χ4v) is 0.523. The predicted molar refractivity (Wildman–Crippen MR) is 48.5 cm³/mol. The van der Waals surface area contributed by atoms with E-state index in [1.165, 1.54) is 0 Å². The van der Waals surface area contributed by atoms with Gasteiger partial charge in [-0.1, -0.05) is 27.7 Å². The molecule has 0 rings (SSSR count). The topological polar surface area (TPSA) is 12.4 Å². The van der Waals surface area contributed by atoms with Gasteiger partial charge < -0.3 is 0 Å². The number of hydrogen-bond donors (Lipinski definition) is 0. The third-order valence-corrected chi connectivity index (χ3v) is 2.04. The van der Waals surface area contributed by atoms with Crippen molar-refractivity contribution in [3.05, 3.63) is 0 Å². The first-order valence-corrected chi connectivity index (χ1v) is 3.93. The lowest BCUT2D eigenvalue weighted by Gasteiger charge is -2.24. The largest absolute Gasteiger partial charge is 0.232 e. The average Bonchev–Trinajstić information content (AvgIpc) is 1.80. The monoisotopic (exact) mass is 157 g/mol. The fraction of sp³-hybridized carbons (Fsp3) is 0.875. The van der Waals surface area contributed by atoms with Crippen molar-refractivity contribution in [1.29, 1.82) is 0 Å². The second-order valence-electron chi connectivity index (χ2n) is 3.70. The summed E-state index contributed by atoms with van der Waals surface area (Å²) >= 11 is 4.48. The van der Waals surface area contributed by atoms with Gasteiger partial charge in [0.05, 0.1) is 11.7 Å². The van der Waals surface area contributed by atoms with Crippen molar-refractivity contribution in [2.24, 2.45) is 16.3 Å². The Bertz CT molecular complexity index is 140. The Labute approximate surface area is 68.5 Å². The maximum atomic E-state index is 4.48. The van der Waals surface area contributed by atoms with Gasteiger partial charge >= 0.3 is 0 Å². The van der Waals surface area contributed by atoms with Crippen LogP contribution < -0.4 is 0 Å². The molecule has 0 saturated carbocycles. The summed E-state index contributed by atoms with van der Waals surface area (Å²) < 4.78 is 0. The summed E-state index contributed by atoms with van der Waals surface area (Å²) in [5, 5.41) is 2.38. The Morgan fingerprint density at radius 3 is 2.30 bits per heavy atom. The highest BCUT2D eigenvalue weighted by Crippen LogP contribution is 2.24. The molecule has 0 aromatic heterocycles. The summed E-state index contributed by atoms with van der Waals surface area (Å²) in [4.78, 5) is 3.90. The van der Waals surface area contributed by atoms with Crippen molar-refractivity contribution < 1.29 is 0 Å². The summed E-state index contributed by atoms with van der Waals surface area (Å²) in [6.45, 7) is 9.59. The number of thiocarbonyl (C=S) groups is 1. The van der Waals surface area contributed by atoms with Gasteiger partial charge in [0.1, 0.15) is 0 Å². The first kappa shape index (κ1) is 9.80. The third kappa shape index (κ3) is 3.76. The van der Waals surface area contributed by atoms with Crippen LogP contribution >= 0.6 is 12.2 Å². The molecule has 0 amide bonds. The van der Waals surface area contributed by atoms with Crippen molar-refractivity contribution in [3.8, 4) is 0 Å². The lowest BCUT2D eigenvalue weighted by molar-refractivity contribution is 0.270. The maximum absolute atomic E-state index is 4.48. The van der Waals surface area contributed by atoms with Gasteiger partial charge in [0, 0.05) is 0 Å². The summed E-state index contributed by atoms with van der Waals surface area (Å²) in [7, 11) is 0. The van der Waals surface area contributed by atoms with Gasteiger partial charge in [-0.3, -0.25) is 0 Å². The van der Waals surface area contributed by atoms with Gasteiger partial charge in [0.2, 0.25) is 0 Å². The molecule has 0 fully saturated rings. The Balaban J connectivity index is 3.84. The average molecular weight is 157 g/mol. The molecule has 1 atom stereocenters. The van der Waals surface area contributed by atoms with Gasteiger partial charge in [-0.25, -0.2) is 4.99 Å². The van der Waals surface area contributed by atoms with Crippen LogP contribution in [0.1, 0.15) is 27.7 Å². The van der Waals surface area contributed by atoms with E-state index in [0.717, 1.165) is 6.54 Å². The normalized spacial score (nSPS) is 14.0. The lowest BCUT2D eigenvalue weighted by Crippen LogP contribution is -2.19. The summed E-state index contributed by atoms with van der Waals surface area (Å²) in [5.74, 6) is 0.572. The van der Waals surface area contributed by atoms with Gasteiger partial charge in [0.25, 0.3) is 0 Å². The number of nitrogens with zero attached hydrogens (tertiary/aromatic N) is 1. The first-order chi connectivity index (χ1) is 4.48. The zero-order valence-corrected chi connectivity index (χ0v) is 7.96. The van der Waals surface area contributed by atoms with Crippen LogP contribution in [-0.2, 0) is 0 Å². The van der Waals surface area contributed by atoms with Crippen molar-refractivity contribution in [2.75, 3.05) is 6.54 Å². The highest BCUT2D eigenvalue weighted by atomic mass is 32.1. The fourth-order valence-electron chi connectivity index (χ4n) is 0.448. The summed E-state index contributed by atoms with van der Waals surface area (Å²) in [6.07, 6.45) is 0. The molecule has 0 aliphatic carbocycles. The van der Waals surface area contributed by atoms with Crippen LogP contribution in [0.25, 0.3) is 0 Å². The third-order valence-electron chi connectivity index (χ3n) is 1.91. The molecule has 10 heavy (non-hydrogen) atoms. The SMILES string of the molecule is CC(CN=C=S)C(C)(C)C. The van der Waals surface area contributed by atoms with E-state index in [9.17, 15) is 0 Å². The molecule has 0 aromatic carbocycles. The zero-order chi connectivity index (χ0) is 8.20. The lowest BCUT2D eigenvalue weighted by atomic mass is 9.82. The highest BCUT2D eigenvalue weighted by Gasteiger charge is 2.18. The van der Waals surface area contributed by atoms with E-state index in [-0.39, 0.29) is 0 Å².